The maximum atomic E-state index is 13.0. The number of hydrogen-bond donors (Lipinski definition) is 0. The first-order valence-corrected chi connectivity index (χ1v) is 10.9. The first-order chi connectivity index (χ1) is 14.6. The van der Waals surface area contributed by atoms with E-state index in [1.165, 1.54) is 23.4 Å². The Labute approximate surface area is 183 Å². The van der Waals surface area contributed by atoms with Gasteiger partial charge in [-0.15, -0.1) is 0 Å². The molecule has 0 spiro atoms. The first kappa shape index (κ1) is 21.2. The van der Waals surface area contributed by atoms with Crippen LogP contribution in [-0.2, 0) is 25.3 Å². The van der Waals surface area contributed by atoms with Crippen LogP contribution >= 0.6 is 11.8 Å². The number of nitrogens with zero attached hydrogens (tertiary/aromatic N) is 6. The fraction of sp³-hybridized carbons (Fsp3) is 0.364. The minimum Gasteiger partial charge on any atom is -0.280 e. The number of benzene rings is 1. The van der Waals surface area contributed by atoms with E-state index in [0.29, 0.717) is 27.6 Å². The summed E-state index contributed by atoms with van der Waals surface area (Å²) in [5, 5.41) is 0.884. The van der Waals surface area contributed by atoms with E-state index in [0.717, 1.165) is 27.0 Å². The molecule has 4 rings (SSSR count). The molecule has 1 aromatic carbocycles. The van der Waals surface area contributed by atoms with Crippen molar-refractivity contribution in [3.8, 4) is 0 Å². The van der Waals surface area contributed by atoms with Gasteiger partial charge < -0.3 is 0 Å². The minimum atomic E-state index is -0.414. The summed E-state index contributed by atoms with van der Waals surface area (Å²) in [5.41, 5.74) is 2.52. The average molecular weight is 437 g/mol. The predicted octanol–water partition coefficient (Wildman–Crippen LogP) is 2.87. The van der Waals surface area contributed by atoms with Crippen molar-refractivity contribution in [1.29, 1.82) is 0 Å². The topological polar surface area (TPSA) is 95.6 Å². The highest BCUT2D eigenvalue weighted by atomic mass is 32.2. The Morgan fingerprint density at radius 3 is 2.23 bits per heavy atom. The van der Waals surface area contributed by atoms with Crippen molar-refractivity contribution in [2.45, 2.75) is 43.9 Å². The van der Waals surface area contributed by atoms with Gasteiger partial charge in [-0.1, -0.05) is 44.7 Å². The number of aryl methyl sites for hydroxylation is 2. The maximum Gasteiger partial charge on any atom is 0.332 e. The molecule has 0 aliphatic heterocycles. The molecule has 3 aromatic heterocycles. The van der Waals surface area contributed by atoms with E-state index in [1.54, 1.807) is 7.05 Å². The molecular formula is C22H24N6O2S. The number of hydrogen-bond acceptors (Lipinski definition) is 7. The van der Waals surface area contributed by atoms with Crippen molar-refractivity contribution >= 4 is 33.8 Å². The minimum absolute atomic E-state index is 0.342. The third kappa shape index (κ3) is 3.74. The molecule has 0 aliphatic carbocycles. The summed E-state index contributed by atoms with van der Waals surface area (Å²) in [6, 6.07) is 7.73. The lowest BCUT2D eigenvalue weighted by Gasteiger charge is -2.19. The number of thioether (sulfide) groups is 1. The zero-order valence-electron chi connectivity index (χ0n) is 18.4. The molecule has 160 valence electrons. The second-order valence-electron chi connectivity index (χ2n) is 8.54. The van der Waals surface area contributed by atoms with E-state index in [2.05, 4.69) is 9.97 Å². The molecule has 0 bridgehead atoms. The van der Waals surface area contributed by atoms with E-state index in [9.17, 15) is 9.59 Å². The summed E-state index contributed by atoms with van der Waals surface area (Å²) >= 11 is 1.41. The zero-order chi connectivity index (χ0) is 22.5. The number of fused-ring (bicyclic) bond motifs is 2. The number of rotatable bonds is 3. The van der Waals surface area contributed by atoms with Gasteiger partial charge in [0.2, 0.25) is 0 Å². The van der Waals surface area contributed by atoms with Gasteiger partial charge in [-0.3, -0.25) is 13.9 Å². The van der Waals surface area contributed by atoms with Crippen LogP contribution in [-0.4, -0.2) is 29.1 Å². The van der Waals surface area contributed by atoms with Crippen LogP contribution in [0.15, 0.2) is 38.9 Å². The van der Waals surface area contributed by atoms with Crippen LogP contribution in [0.4, 0.5) is 0 Å². The van der Waals surface area contributed by atoms with Crippen LogP contribution in [0.1, 0.15) is 38.0 Å². The van der Waals surface area contributed by atoms with Gasteiger partial charge in [0.15, 0.2) is 5.65 Å². The second kappa shape index (κ2) is 7.56. The Morgan fingerprint density at radius 2 is 1.58 bits per heavy atom. The molecule has 8 nitrogen and oxygen atoms in total. The van der Waals surface area contributed by atoms with Crippen molar-refractivity contribution in [3.63, 3.8) is 0 Å². The molecule has 3 heterocycles. The van der Waals surface area contributed by atoms with Crippen LogP contribution in [0.2, 0.25) is 0 Å². The fourth-order valence-corrected chi connectivity index (χ4v) is 4.29. The fourth-order valence-electron chi connectivity index (χ4n) is 3.27. The molecule has 0 aliphatic rings. The predicted molar refractivity (Wildman–Crippen MR) is 123 cm³/mol. The highest BCUT2D eigenvalue weighted by Crippen LogP contribution is 2.29. The van der Waals surface area contributed by atoms with Gasteiger partial charge in [-0.2, -0.15) is 0 Å². The summed E-state index contributed by atoms with van der Waals surface area (Å²) < 4.78 is 2.49. The smallest absolute Gasteiger partial charge is 0.280 e. The van der Waals surface area contributed by atoms with E-state index in [4.69, 9.17) is 9.97 Å². The average Bonchev–Trinajstić information content (AvgIpc) is 2.73. The second-order valence-corrected chi connectivity index (χ2v) is 9.50. The normalized spacial score (nSPS) is 12.1. The van der Waals surface area contributed by atoms with Crippen molar-refractivity contribution < 1.29 is 0 Å². The molecule has 0 radical (unpaired) electrons. The number of para-hydroxylation sites is 2. The quantitative estimate of drug-likeness (QED) is 0.360. The van der Waals surface area contributed by atoms with Crippen LogP contribution in [0, 0.1) is 6.92 Å². The molecule has 0 fully saturated rings. The Bertz CT molecular complexity index is 1450. The van der Waals surface area contributed by atoms with Gasteiger partial charge in [-0.05, 0) is 19.1 Å². The SMILES string of the molecule is Cc1nc2ccccc2nc1CSc1nc(C(C)(C)C)nc2c1c(=O)n(C)c(=O)n2C. The van der Waals surface area contributed by atoms with E-state index >= 15 is 0 Å². The Morgan fingerprint density at radius 1 is 0.935 bits per heavy atom. The molecular weight excluding hydrogens is 412 g/mol. The van der Waals surface area contributed by atoms with Crippen molar-refractivity contribution in [2.75, 3.05) is 0 Å². The standard InChI is InChI=1S/C22H24N6O2S/c1-12-15(24-14-10-8-7-9-13(14)23-12)11-31-18-16-17(25-20(26-18)22(2,3)4)27(5)21(30)28(6)19(16)29/h7-10H,11H2,1-6H3. The van der Waals surface area contributed by atoms with Crippen LogP contribution < -0.4 is 11.2 Å². The lowest BCUT2D eigenvalue weighted by molar-refractivity contribution is 0.539. The van der Waals surface area contributed by atoms with Gasteiger partial charge in [0.1, 0.15) is 16.2 Å². The lowest BCUT2D eigenvalue weighted by Crippen LogP contribution is -2.38. The number of aromatic nitrogens is 6. The summed E-state index contributed by atoms with van der Waals surface area (Å²) in [6.07, 6.45) is 0. The molecule has 0 atom stereocenters. The highest BCUT2D eigenvalue weighted by molar-refractivity contribution is 7.98. The van der Waals surface area contributed by atoms with Gasteiger partial charge in [-0.25, -0.2) is 24.7 Å². The molecule has 0 saturated heterocycles. The van der Waals surface area contributed by atoms with Crippen LogP contribution in [0.3, 0.4) is 0 Å². The van der Waals surface area contributed by atoms with E-state index < -0.39 is 11.2 Å². The van der Waals surface area contributed by atoms with Gasteiger partial charge in [0, 0.05) is 25.3 Å². The van der Waals surface area contributed by atoms with Gasteiger partial charge in [0.25, 0.3) is 5.56 Å². The van der Waals surface area contributed by atoms with Gasteiger partial charge in [0.05, 0.1) is 22.4 Å². The molecule has 9 heteroatoms. The molecule has 0 amide bonds. The molecule has 4 aromatic rings. The molecule has 31 heavy (non-hydrogen) atoms. The summed E-state index contributed by atoms with van der Waals surface area (Å²) in [7, 11) is 3.09. The summed E-state index contributed by atoms with van der Waals surface area (Å²) in [6.45, 7) is 7.93. The van der Waals surface area contributed by atoms with Gasteiger partial charge >= 0.3 is 5.69 Å². The maximum absolute atomic E-state index is 13.0. The lowest BCUT2D eigenvalue weighted by atomic mass is 9.96. The third-order valence-electron chi connectivity index (χ3n) is 5.13. The van der Waals surface area contributed by atoms with E-state index in [-0.39, 0.29) is 5.41 Å². The third-order valence-corrected chi connectivity index (χ3v) is 6.11. The van der Waals surface area contributed by atoms with Crippen molar-refractivity contribution in [1.82, 2.24) is 29.1 Å². The van der Waals surface area contributed by atoms with Crippen LogP contribution in [0.25, 0.3) is 22.1 Å². The summed E-state index contributed by atoms with van der Waals surface area (Å²) in [4.78, 5) is 44.1. The Kier molecular flexibility index (Phi) is 5.17. The first-order valence-electron chi connectivity index (χ1n) is 9.91. The van der Waals surface area contributed by atoms with E-state index in [1.807, 2.05) is 52.0 Å². The Hall–Kier alpha value is -3.07. The van der Waals surface area contributed by atoms with Crippen molar-refractivity contribution in [3.05, 3.63) is 62.3 Å². The zero-order valence-corrected chi connectivity index (χ0v) is 19.2. The Balaban J connectivity index is 1.88. The molecule has 0 saturated carbocycles. The van der Waals surface area contributed by atoms with Crippen molar-refractivity contribution in [2.24, 2.45) is 14.1 Å². The molecule has 0 N–H and O–H groups in total. The molecule has 0 unspecified atom stereocenters. The van der Waals surface area contributed by atoms with Crippen LogP contribution in [0.5, 0.6) is 0 Å². The summed E-state index contributed by atoms with van der Waals surface area (Å²) in [5.74, 6) is 1.07. The highest BCUT2D eigenvalue weighted by Gasteiger charge is 2.24. The largest absolute Gasteiger partial charge is 0.332 e. The monoisotopic (exact) mass is 436 g/mol.